The molecule has 1 heteroatoms. The van der Waals surface area contributed by atoms with Gasteiger partial charge in [0.2, 0.25) is 0 Å². The monoisotopic (exact) mass is 217 g/mol. The minimum absolute atomic E-state index is 0.520. The lowest BCUT2D eigenvalue weighted by molar-refractivity contribution is 0.433. The molecule has 2 atom stereocenters. The van der Waals surface area contributed by atoms with Crippen LogP contribution in [0, 0.1) is 0 Å². The lowest BCUT2D eigenvalue weighted by Gasteiger charge is -2.21. The molecule has 0 aromatic heterocycles. The Morgan fingerprint density at radius 2 is 2.00 bits per heavy atom. The summed E-state index contributed by atoms with van der Waals surface area (Å²) in [6.07, 6.45) is 5.29. The number of nitrogens with one attached hydrogen (secondary N) is 1. The molecule has 1 aromatic rings. The standard InChI is InChI=1S/C15H23N/c1-4-9-13(3)16-15(5-2)12-14-10-7-6-8-11-14/h4,6-8,10-11,13,15-16H,1,5,9,12H2,2-3H3. The van der Waals surface area contributed by atoms with Gasteiger partial charge in [0.25, 0.3) is 0 Å². The first-order chi connectivity index (χ1) is 7.76. The van der Waals surface area contributed by atoms with Crippen LogP contribution in [0.3, 0.4) is 0 Å². The lowest BCUT2D eigenvalue weighted by atomic mass is 10.0. The summed E-state index contributed by atoms with van der Waals surface area (Å²) in [6, 6.07) is 11.8. The molecule has 0 aliphatic heterocycles. The molecule has 0 aliphatic carbocycles. The maximum absolute atomic E-state index is 3.78. The Kier molecular flexibility index (Phi) is 5.87. The van der Waals surface area contributed by atoms with Gasteiger partial charge in [-0.05, 0) is 31.7 Å². The number of rotatable bonds is 7. The minimum atomic E-state index is 0.520. The topological polar surface area (TPSA) is 12.0 Å². The highest BCUT2D eigenvalue weighted by Crippen LogP contribution is 2.07. The first-order valence-corrected chi connectivity index (χ1v) is 6.17. The van der Waals surface area contributed by atoms with Crippen LogP contribution in [0.5, 0.6) is 0 Å². The van der Waals surface area contributed by atoms with E-state index in [4.69, 9.17) is 0 Å². The second-order valence-corrected chi connectivity index (χ2v) is 4.39. The van der Waals surface area contributed by atoms with E-state index in [2.05, 4.69) is 56.1 Å². The first-order valence-electron chi connectivity index (χ1n) is 6.17. The van der Waals surface area contributed by atoms with Crippen molar-refractivity contribution in [3.05, 3.63) is 48.6 Å². The second kappa shape index (κ2) is 7.24. The van der Waals surface area contributed by atoms with E-state index >= 15 is 0 Å². The molecular weight excluding hydrogens is 194 g/mol. The van der Waals surface area contributed by atoms with E-state index in [1.165, 1.54) is 5.56 Å². The minimum Gasteiger partial charge on any atom is -0.311 e. The van der Waals surface area contributed by atoms with Crippen molar-refractivity contribution in [2.75, 3.05) is 0 Å². The summed E-state index contributed by atoms with van der Waals surface area (Å²) in [5.41, 5.74) is 1.41. The Morgan fingerprint density at radius 1 is 1.31 bits per heavy atom. The molecule has 2 unspecified atom stereocenters. The molecular formula is C15H23N. The Labute approximate surface area is 99.6 Å². The first kappa shape index (κ1) is 13.0. The molecule has 0 radical (unpaired) electrons. The van der Waals surface area contributed by atoms with Crippen LogP contribution >= 0.6 is 0 Å². The molecule has 0 aliphatic rings. The van der Waals surface area contributed by atoms with Gasteiger partial charge in [0.1, 0.15) is 0 Å². The molecule has 0 heterocycles. The van der Waals surface area contributed by atoms with E-state index < -0.39 is 0 Å². The summed E-state index contributed by atoms with van der Waals surface area (Å²) in [5, 5.41) is 3.64. The maximum atomic E-state index is 3.78. The zero-order valence-corrected chi connectivity index (χ0v) is 10.4. The van der Waals surface area contributed by atoms with Crippen molar-refractivity contribution in [2.24, 2.45) is 0 Å². The Bertz CT molecular complexity index is 292. The maximum Gasteiger partial charge on any atom is 0.0107 e. The third-order valence-electron chi connectivity index (χ3n) is 2.86. The summed E-state index contributed by atoms with van der Waals surface area (Å²) >= 11 is 0. The largest absolute Gasteiger partial charge is 0.311 e. The average molecular weight is 217 g/mol. The van der Waals surface area contributed by atoms with Crippen molar-refractivity contribution < 1.29 is 0 Å². The van der Waals surface area contributed by atoms with Crippen LogP contribution in [-0.4, -0.2) is 12.1 Å². The Hall–Kier alpha value is -1.08. The highest BCUT2D eigenvalue weighted by molar-refractivity contribution is 5.15. The van der Waals surface area contributed by atoms with Gasteiger partial charge in [0.05, 0.1) is 0 Å². The van der Waals surface area contributed by atoms with Gasteiger partial charge in [-0.2, -0.15) is 0 Å². The highest BCUT2D eigenvalue weighted by atomic mass is 14.9. The molecule has 0 spiro atoms. The van der Waals surface area contributed by atoms with Gasteiger partial charge >= 0.3 is 0 Å². The zero-order valence-electron chi connectivity index (χ0n) is 10.4. The van der Waals surface area contributed by atoms with Crippen LogP contribution in [0.15, 0.2) is 43.0 Å². The van der Waals surface area contributed by atoms with Crippen molar-refractivity contribution in [1.29, 1.82) is 0 Å². The summed E-state index contributed by atoms with van der Waals surface area (Å²) in [6.45, 7) is 8.23. The van der Waals surface area contributed by atoms with E-state index in [1.54, 1.807) is 0 Å². The van der Waals surface area contributed by atoms with Gasteiger partial charge in [-0.25, -0.2) is 0 Å². The highest BCUT2D eigenvalue weighted by Gasteiger charge is 2.09. The zero-order chi connectivity index (χ0) is 11.8. The summed E-state index contributed by atoms with van der Waals surface area (Å²) in [5.74, 6) is 0. The van der Waals surface area contributed by atoms with E-state index in [9.17, 15) is 0 Å². The quantitative estimate of drug-likeness (QED) is 0.689. The fraction of sp³-hybridized carbons (Fsp3) is 0.467. The van der Waals surface area contributed by atoms with Crippen LogP contribution in [0.2, 0.25) is 0 Å². The summed E-state index contributed by atoms with van der Waals surface area (Å²) in [7, 11) is 0. The van der Waals surface area contributed by atoms with E-state index in [0.717, 1.165) is 19.3 Å². The molecule has 0 bridgehead atoms. The smallest absolute Gasteiger partial charge is 0.0107 e. The number of hydrogen-bond acceptors (Lipinski definition) is 1. The van der Waals surface area contributed by atoms with Gasteiger partial charge in [-0.3, -0.25) is 0 Å². The molecule has 88 valence electrons. The predicted octanol–water partition coefficient (Wildman–Crippen LogP) is 3.56. The van der Waals surface area contributed by atoms with E-state index in [-0.39, 0.29) is 0 Å². The molecule has 16 heavy (non-hydrogen) atoms. The van der Waals surface area contributed by atoms with Crippen molar-refractivity contribution in [3.8, 4) is 0 Å². The molecule has 1 rings (SSSR count). The second-order valence-electron chi connectivity index (χ2n) is 4.39. The van der Waals surface area contributed by atoms with Crippen molar-refractivity contribution in [2.45, 2.75) is 45.2 Å². The van der Waals surface area contributed by atoms with Gasteiger partial charge in [-0.1, -0.05) is 43.3 Å². The Balaban J connectivity index is 2.46. The molecule has 1 nitrogen and oxygen atoms in total. The molecule has 1 aromatic carbocycles. The Morgan fingerprint density at radius 3 is 2.56 bits per heavy atom. The van der Waals surface area contributed by atoms with Gasteiger partial charge in [0.15, 0.2) is 0 Å². The molecule has 0 saturated heterocycles. The molecule has 0 fully saturated rings. The number of hydrogen-bond donors (Lipinski definition) is 1. The molecule has 1 N–H and O–H groups in total. The summed E-state index contributed by atoms with van der Waals surface area (Å²) < 4.78 is 0. The third kappa shape index (κ3) is 4.63. The normalized spacial score (nSPS) is 14.4. The van der Waals surface area contributed by atoms with Crippen molar-refractivity contribution in [3.63, 3.8) is 0 Å². The van der Waals surface area contributed by atoms with Gasteiger partial charge in [0, 0.05) is 12.1 Å². The number of benzene rings is 1. The molecule has 0 saturated carbocycles. The van der Waals surface area contributed by atoms with Crippen LogP contribution in [0.1, 0.15) is 32.3 Å². The van der Waals surface area contributed by atoms with Gasteiger partial charge in [-0.15, -0.1) is 6.58 Å². The predicted molar refractivity (Wildman–Crippen MR) is 71.6 cm³/mol. The summed E-state index contributed by atoms with van der Waals surface area (Å²) in [4.78, 5) is 0. The van der Waals surface area contributed by atoms with Crippen LogP contribution in [0.4, 0.5) is 0 Å². The fourth-order valence-electron chi connectivity index (χ4n) is 1.94. The lowest BCUT2D eigenvalue weighted by Crippen LogP contribution is -2.37. The SMILES string of the molecule is C=CCC(C)NC(CC)Cc1ccccc1. The molecule has 0 amide bonds. The fourth-order valence-corrected chi connectivity index (χ4v) is 1.94. The van der Waals surface area contributed by atoms with Crippen molar-refractivity contribution >= 4 is 0 Å². The van der Waals surface area contributed by atoms with Crippen LogP contribution < -0.4 is 5.32 Å². The van der Waals surface area contributed by atoms with Crippen LogP contribution in [-0.2, 0) is 6.42 Å². The van der Waals surface area contributed by atoms with Gasteiger partial charge < -0.3 is 5.32 Å². The van der Waals surface area contributed by atoms with E-state index in [0.29, 0.717) is 12.1 Å². The third-order valence-corrected chi connectivity index (χ3v) is 2.86. The van der Waals surface area contributed by atoms with E-state index in [1.807, 2.05) is 6.08 Å². The van der Waals surface area contributed by atoms with Crippen LogP contribution in [0.25, 0.3) is 0 Å². The van der Waals surface area contributed by atoms with Crippen molar-refractivity contribution in [1.82, 2.24) is 5.32 Å². The average Bonchev–Trinajstić information content (AvgIpc) is 2.30.